The number of rotatable bonds is 5. The van der Waals surface area contributed by atoms with Gasteiger partial charge in [-0.2, -0.15) is 13.2 Å². The van der Waals surface area contributed by atoms with Crippen LogP contribution < -0.4 is 5.32 Å². The number of benzene rings is 1. The molecule has 1 N–H and O–H groups in total. The van der Waals surface area contributed by atoms with E-state index in [1.807, 2.05) is 27.7 Å². The van der Waals surface area contributed by atoms with Crippen LogP contribution in [-0.2, 0) is 10.9 Å². The van der Waals surface area contributed by atoms with Crippen molar-refractivity contribution in [2.24, 2.45) is 0 Å². The van der Waals surface area contributed by atoms with Crippen LogP contribution in [-0.4, -0.2) is 18.8 Å². The summed E-state index contributed by atoms with van der Waals surface area (Å²) < 4.78 is 43.9. The van der Waals surface area contributed by atoms with Crippen molar-refractivity contribution in [3.8, 4) is 0 Å². The lowest BCUT2D eigenvalue weighted by Crippen LogP contribution is -2.30. The number of halogens is 3. The lowest BCUT2D eigenvalue weighted by molar-refractivity contribution is -0.137. The molecule has 5 heteroatoms. The Morgan fingerprint density at radius 2 is 1.81 bits per heavy atom. The van der Waals surface area contributed by atoms with Gasteiger partial charge in [-0.05, 0) is 57.5 Å². The highest BCUT2D eigenvalue weighted by Gasteiger charge is 2.31. The summed E-state index contributed by atoms with van der Waals surface area (Å²) in [5, 5.41) is 3.26. The highest BCUT2D eigenvalue weighted by molar-refractivity contribution is 5.34. The van der Waals surface area contributed by atoms with E-state index in [-0.39, 0.29) is 11.6 Å². The van der Waals surface area contributed by atoms with Gasteiger partial charge < -0.3 is 10.1 Å². The van der Waals surface area contributed by atoms with Gasteiger partial charge in [0.15, 0.2) is 0 Å². The van der Waals surface area contributed by atoms with Crippen LogP contribution >= 0.6 is 0 Å². The fraction of sp³-hybridized carbons (Fsp3) is 0.625. The zero-order valence-electron chi connectivity index (χ0n) is 13.3. The first-order valence-corrected chi connectivity index (χ1v) is 7.09. The van der Waals surface area contributed by atoms with Gasteiger partial charge in [0, 0.05) is 0 Å². The molecular formula is C16H24F3NO. The molecule has 120 valence electrons. The maximum Gasteiger partial charge on any atom is 0.416 e. The van der Waals surface area contributed by atoms with Crippen LogP contribution in [0.5, 0.6) is 0 Å². The number of hydrogen-bond donors (Lipinski definition) is 1. The third-order valence-corrected chi connectivity index (χ3v) is 3.11. The summed E-state index contributed by atoms with van der Waals surface area (Å²) in [4.78, 5) is 0. The Morgan fingerprint density at radius 1 is 1.19 bits per heavy atom. The number of alkyl halides is 3. The van der Waals surface area contributed by atoms with E-state index in [1.54, 1.807) is 6.92 Å². The molecule has 0 aliphatic rings. The van der Waals surface area contributed by atoms with E-state index in [0.717, 1.165) is 18.2 Å². The van der Waals surface area contributed by atoms with E-state index < -0.39 is 11.7 Å². The molecule has 0 fully saturated rings. The van der Waals surface area contributed by atoms with E-state index in [1.165, 1.54) is 12.1 Å². The molecule has 0 aliphatic carbocycles. The second-order valence-electron chi connectivity index (χ2n) is 6.10. The van der Waals surface area contributed by atoms with Crippen LogP contribution in [0.2, 0.25) is 0 Å². The van der Waals surface area contributed by atoms with Crippen molar-refractivity contribution in [1.82, 2.24) is 5.32 Å². The molecule has 0 spiro atoms. The predicted molar refractivity (Wildman–Crippen MR) is 78.3 cm³/mol. The summed E-state index contributed by atoms with van der Waals surface area (Å²) in [5.74, 6) is 0. The van der Waals surface area contributed by atoms with E-state index in [4.69, 9.17) is 4.74 Å². The minimum Gasteiger partial charge on any atom is -0.374 e. The van der Waals surface area contributed by atoms with E-state index in [0.29, 0.717) is 12.2 Å². The molecule has 0 bridgehead atoms. The van der Waals surface area contributed by atoms with Gasteiger partial charge in [0.2, 0.25) is 0 Å². The summed E-state index contributed by atoms with van der Waals surface area (Å²) >= 11 is 0. The molecule has 0 amide bonds. The SMILES string of the molecule is CCNC(COC(C)(C)C)c1ccc(C(F)(F)F)cc1C. The lowest BCUT2D eigenvalue weighted by atomic mass is 9.98. The van der Waals surface area contributed by atoms with Crippen molar-refractivity contribution in [3.05, 3.63) is 34.9 Å². The fourth-order valence-electron chi connectivity index (χ4n) is 2.08. The first kappa shape index (κ1) is 18.0. The van der Waals surface area contributed by atoms with Crippen molar-refractivity contribution in [2.45, 2.75) is 52.4 Å². The molecule has 21 heavy (non-hydrogen) atoms. The Kier molecular flexibility index (Phi) is 5.82. The zero-order valence-corrected chi connectivity index (χ0v) is 13.3. The number of hydrogen-bond acceptors (Lipinski definition) is 2. The topological polar surface area (TPSA) is 21.3 Å². The van der Waals surface area contributed by atoms with Gasteiger partial charge in [-0.1, -0.05) is 13.0 Å². The molecule has 1 atom stereocenters. The normalized spacial score (nSPS) is 14.3. The van der Waals surface area contributed by atoms with Crippen LogP contribution in [0.25, 0.3) is 0 Å². The monoisotopic (exact) mass is 303 g/mol. The van der Waals surface area contributed by atoms with Crippen LogP contribution in [0, 0.1) is 6.92 Å². The third kappa shape index (κ3) is 5.67. The number of nitrogens with one attached hydrogen (secondary N) is 1. The Balaban J connectivity index is 2.98. The fourth-order valence-corrected chi connectivity index (χ4v) is 2.08. The Labute approximate surface area is 124 Å². The molecule has 0 saturated heterocycles. The summed E-state index contributed by atoms with van der Waals surface area (Å²) in [5.41, 5.74) is 0.561. The van der Waals surface area contributed by atoms with Crippen LogP contribution in [0.4, 0.5) is 13.2 Å². The summed E-state index contributed by atoms with van der Waals surface area (Å²) in [7, 11) is 0. The second-order valence-corrected chi connectivity index (χ2v) is 6.10. The standard InChI is InChI=1S/C16H24F3NO/c1-6-20-14(10-21-15(3,4)5)13-8-7-12(9-11(13)2)16(17,18)19/h7-9,14,20H,6,10H2,1-5H3. The van der Waals surface area contributed by atoms with Gasteiger partial charge in [-0.25, -0.2) is 0 Å². The number of ether oxygens (including phenoxy) is 1. The quantitative estimate of drug-likeness (QED) is 0.866. The van der Waals surface area contributed by atoms with Crippen LogP contribution in [0.3, 0.4) is 0 Å². The Hall–Kier alpha value is -1.07. The molecular weight excluding hydrogens is 279 g/mol. The van der Waals surface area contributed by atoms with Crippen LogP contribution in [0.1, 0.15) is 50.4 Å². The molecule has 1 aromatic rings. The smallest absolute Gasteiger partial charge is 0.374 e. The Morgan fingerprint density at radius 3 is 2.24 bits per heavy atom. The predicted octanol–water partition coefficient (Wildman–Crippen LogP) is 4.48. The minimum absolute atomic E-state index is 0.114. The van der Waals surface area contributed by atoms with Crippen molar-refractivity contribution >= 4 is 0 Å². The molecule has 2 nitrogen and oxygen atoms in total. The van der Waals surface area contributed by atoms with Gasteiger partial charge in [0.1, 0.15) is 0 Å². The van der Waals surface area contributed by atoms with Gasteiger partial charge in [-0.15, -0.1) is 0 Å². The van der Waals surface area contributed by atoms with E-state index in [2.05, 4.69) is 5.32 Å². The van der Waals surface area contributed by atoms with E-state index in [9.17, 15) is 13.2 Å². The van der Waals surface area contributed by atoms with Crippen molar-refractivity contribution in [3.63, 3.8) is 0 Å². The minimum atomic E-state index is -4.31. The first-order valence-electron chi connectivity index (χ1n) is 7.09. The number of aryl methyl sites for hydroxylation is 1. The summed E-state index contributed by atoms with van der Waals surface area (Å²) in [6, 6.07) is 3.74. The summed E-state index contributed by atoms with van der Waals surface area (Å²) in [6.07, 6.45) is -4.31. The molecule has 0 aromatic heterocycles. The van der Waals surface area contributed by atoms with Crippen molar-refractivity contribution in [2.75, 3.05) is 13.2 Å². The molecule has 1 unspecified atom stereocenters. The molecule has 0 aliphatic heterocycles. The van der Waals surface area contributed by atoms with Gasteiger partial charge >= 0.3 is 6.18 Å². The first-order chi connectivity index (χ1) is 9.54. The highest BCUT2D eigenvalue weighted by atomic mass is 19.4. The van der Waals surface area contributed by atoms with Gasteiger partial charge in [0.05, 0.1) is 23.8 Å². The van der Waals surface area contributed by atoms with Crippen molar-refractivity contribution in [1.29, 1.82) is 0 Å². The summed E-state index contributed by atoms with van der Waals surface area (Å²) in [6.45, 7) is 10.7. The van der Waals surface area contributed by atoms with Gasteiger partial charge in [-0.3, -0.25) is 0 Å². The van der Waals surface area contributed by atoms with Gasteiger partial charge in [0.25, 0.3) is 0 Å². The number of likely N-dealkylation sites (N-methyl/N-ethyl adjacent to an activating group) is 1. The molecule has 0 saturated carbocycles. The third-order valence-electron chi connectivity index (χ3n) is 3.11. The zero-order chi connectivity index (χ0) is 16.3. The molecule has 0 heterocycles. The second kappa shape index (κ2) is 6.79. The lowest BCUT2D eigenvalue weighted by Gasteiger charge is -2.26. The van der Waals surface area contributed by atoms with Crippen LogP contribution in [0.15, 0.2) is 18.2 Å². The average Bonchev–Trinajstić information content (AvgIpc) is 2.32. The highest BCUT2D eigenvalue weighted by Crippen LogP contribution is 2.32. The molecule has 1 rings (SSSR count). The van der Waals surface area contributed by atoms with E-state index >= 15 is 0 Å². The maximum absolute atomic E-state index is 12.7. The maximum atomic E-state index is 12.7. The van der Waals surface area contributed by atoms with Crippen molar-refractivity contribution < 1.29 is 17.9 Å². The largest absolute Gasteiger partial charge is 0.416 e. The Bertz CT molecular complexity index is 464. The average molecular weight is 303 g/mol. The molecule has 0 radical (unpaired) electrons. The molecule has 1 aromatic carbocycles.